The van der Waals surface area contributed by atoms with Gasteiger partial charge in [-0.2, -0.15) is 4.31 Å². The van der Waals surface area contributed by atoms with E-state index in [9.17, 15) is 8.42 Å². The van der Waals surface area contributed by atoms with Crippen LogP contribution in [0.3, 0.4) is 0 Å². The molecule has 1 aromatic carbocycles. The predicted molar refractivity (Wildman–Crippen MR) is 88.5 cm³/mol. The average Bonchev–Trinajstić information content (AvgIpc) is 2.95. The molecule has 0 N–H and O–H groups in total. The van der Waals surface area contributed by atoms with E-state index in [1.165, 1.54) is 15.6 Å². The lowest BCUT2D eigenvalue weighted by molar-refractivity contribution is 0.425. The highest BCUT2D eigenvalue weighted by molar-refractivity contribution is 7.91. The van der Waals surface area contributed by atoms with Crippen LogP contribution in [0.4, 0.5) is 0 Å². The quantitative estimate of drug-likeness (QED) is 0.718. The topological polar surface area (TPSA) is 37.4 Å². The van der Waals surface area contributed by atoms with Gasteiger partial charge in [-0.05, 0) is 24.1 Å². The summed E-state index contributed by atoms with van der Waals surface area (Å²) in [4.78, 5) is 0.999. The fourth-order valence-corrected chi connectivity index (χ4v) is 5.27. The van der Waals surface area contributed by atoms with Crippen molar-refractivity contribution in [2.24, 2.45) is 0 Å². The lowest BCUT2D eigenvalue weighted by atomic mass is 10.2. The number of hydrogen-bond acceptors (Lipinski definition) is 3. The summed E-state index contributed by atoms with van der Waals surface area (Å²) in [5, 5.41) is 0. The van der Waals surface area contributed by atoms with Gasteiger partial charge >= 0.3 is 0 Å². The van der Waals surface area contributed by atoms with E-state index < -0.39 is 10.0 Å². The third kappa shape index (κ3) is 4.07. The van der Waals surface area contributed by atoms with Gasteiger partial charge in [-0.1, -0.05) is 37.3 Å². The molecule has 0 saturated heterocycles. The van der Waals surface area contributed by atoms with Crippen LogP contribution in [0.15, 0.2) is 46.7 Å². The molecule has 2 aromatic rings. The molecule has 0 aliphatic rings. The van der Waals surface area contributed by atoms with Gasteiger partial charge < -0.3 is 0 Å². The van der Waals surface area contributed by atoms with Gasteiger partial charge in [-0.3, -0.25) is 0 Å². The second-order valence-corrected chi connectivity index (χ2v) is 8.29. The van der Waals surface area contributed by atoms with Crippen LogP contribution in [-0.2, 0) is 23.0 Å². The van der Waals surface area contributed by atoms with Crippen molar-refractivity contribution in [2.75, 3.05) is 12.4 Å². The van der Waals surface area contributed by atoms with Crippen LogP contribution in [0.25, 0.3) is 0 Å². The Hall–Kier alpha value is -0.880. The third-order valence-corrected chi connectivity index (χ3v) is 6.85. The Labute approximate surface area is 135 Å². The van der Waals surface area contributed by atoms with Crippen molar-refractivity contribution < 1.29 is 8.42 Å². The number of benzene rings is 1. The van der Waals surface area contributed by atoms with Gasteiger partial charge in [-0.25, -0.2) is 8.42 Å². The first-order valence-corrected chi connectivity index (χ1v) is 9.55. The molecule has 0 aliphatic carbocycles. The minimum atomic E-state index is -3.44. The van der Waals surface area contributed by atoms with Crippen LogP contribution in [0.2, 0.25) is 0 Å². The number of rotatable bonds is 7. The number of thiophene rings is 1. The Bertz CT molecular complexity index is 668. The average molecular weight is 344 g/mol. The molecular formula is C15H18ClNO2S2. The van der Waals surface area contributed by atoms with Crippen molar-refractivity contribution in [3.8, 4) is 0 Å². The molecular weight excluding hydrogens is 326 g/mol. The molecule has 114 valence electrons. The zero-order chi connectivity index (χ0) is 15.3. The van der Waals surface area contributed by atoms with E-state index in [0.717, 1.165) is 10.4 Å². The summed E-state index contributed by atoms with van der Waals surface area (Å²) in [6, 6.07) is 13.1. The Morgan fingerprint density at radius 2 is 1.86 bits per heavy atom. The van der Waals surface area contributed by atoms with Gasteiger partial charge in [0.15, 0.2) is 0 Å². The molecule has 0 unspecified atom stereocenters. The Morgan fingerprint density at radius 3 is 2.48 bits per heavy atom. The third-order valence-electron chi connectivity index (χ3n) is 3.13. The number of aryl methyl sites for hydroxylation is 1. The lowest BCUT2D eigenvalue weighted by Crippen LogP contribution is -2.29. The molecule has 0 saturated carbocycles. The minimum absolute atomic E-state index is 0.389. The highest BCUT2D eigenvalue weighted by Crippen LogP contribution is 2.26. The van der Waals surface area contributed by atoms with Gasteiger partial charge in [0.25, 0.3) is 10.0 Å². The molecule has 6 heteroatoms. The highest BCUT2D eigenvalue weighted by Gasteiger charge is 2.24. The summed E-state index contributed by atoms with van der Waals surface area (Å²) >= 11 is 7.01. The SMILES string of the molecule is CCN(Cc1ccccc1)S(=O)(=O)c1ccc(CCCl)s1. The Balaban J connectivity index is 2.22. The first-order valence-electron chi connectivity index (χ1n) is 6.76. The molecule has 3 nitrogen and oxygen atoms in total. The number of sulfonamides is 1. The maximum absolute atomic E-state index is 12.7. The van der Waals surface area contributed by atoms with Crippen molar-refractivity contribution in [1.29, 1.82) is 0 Å². The van der Waals surface area contributed by atoms with Crippen LogP contribution < -0.4 is 0 Å². The standard InChI is InChI=1S/C15H18ClNO2S2/c1-2-17(12-13-6-4-3-5-7-13)21(18,19)15-9-8-14(20-15)10-11-16/h3-9H,2,10-12H2,1H3. The molecule has 1 heterocycles. The number of alkyl halides is 1. The summed E-state index contributed by atoms with van der Waals surface area (Å²) in [5.74, 6) is 0.501. The molecule has 0 spiro atoms. The van der Waals surface area contributed by atoms with Crippen LogP contribution >= 0.6 is 22.9 Å². The van der Waals surface area contributed by atoms with E-state index >= 15 is 0 Å². The van der Waals surface area contributed by atoms with Gasteiger partial charge in [0.1, 0.15) is 4.21 Å². The summed E-state index contributed by atoms with van der Waals surface area (Å²) < 4.78 is 27.3. The first-order chi connectivity index (χ1) is 10.1. The minimum Gasteiger partial charge on any atom is -0.206 e. The second-order valence-electron chi connectivity index (χ2n) is 4.58. The van der Waals surface area contributed by atoms with Crippen molar-refractivity contribution in [3.05, 3.63) is 52.9 Å². The van der Waals surface area contributed by atoms with Gasteiger partial charge in [-0.15, -0.1) is 22.9 Å². The molecule has 1 aromatic heterocycles. The number of nitrogens with zero attached hydrogens (tertiary/aromatic N) is 1. The summed E-state index contributed by atoms with van der Waals surface area (Å²) in [6.45, 7) is 2.69. The maximum Gasteiger partial charge on any atom is 0.252 e. The zero-order valence-corrected chi connectivity index (χ0v) is 14.2. The lowest BCUT2D eigenvalue weighted by Gasteiger charge is -2.19. The maximum atomic E-state index is 12.7. The van der Waals surface area contributed by atoms with Gasteiger partial charge in [0, 0.05) is 23.8 Å². The molecule has 21 heavy (non-hydrogen) atoms. The molecule has 0 atom stereocenters. The number of halogens is 1. The molecule has 0 fully saturated rings. The fraction of sp³-hybridized carbons (Fsp3) is 0.333. The normalized spacial score (nSPS) is 12.0. The Kier molecular flexibility index (Phi) is 5.81. The van der Waals surface area contributed by atoms with E-state index in [-0.39, 0.29) is 0 Å². The summed E-state index contributed by atoms with van der Waals surface area (Å²) in [5.41, 5.74) is 0.987. The second kappa shape index (κ2) is 7.40. The molecule has 0 bridgehead atoms. The van der Waals surface area contributed by atoms with Crippen LogP contribution in [0, 0.1) is 0 Å². The molecule has 2 rings (SSSR count). The van der Waals surface area contributed by atoms with E-state index in [1.807, 2.05) is 43.3 Å². The fourth-order valence-electron chi connectivity index (χ4n) is 2.01. The van der Waals surface area contributed by atoms with Crippen molar-refractivity contribution in [1.82, 2.24) is 4.31 Å². The van der Waals surface area contributed by atoms with Crippen LogP contribution in [-0.4, -0.2) is 25.1 Å². The molecule has 0 aliphatic heterocycles. The van der Waals surface area contributed by atoms with Crippen molar-refractivity contribution >= 4 is 33.0 Å². The largest absolute Gasteiger partial charge is 0.252 e. The predicted octanol–water partition coefficient (Wildman–Crippen LogP) is 3.74. The van der Waals surface area contributed by atoms with E-state index in [1.54, 1.807) is 6.07 Å². The van der Waals surface area contributed by atoms with E-state index in [4.69, 9.17) is 11.6 Å². The molecule has 0 amide bonds. The molecule has 0 radical (unpaired) electrons. The monoisotopic (exact) mass is 343 g/mol. The van der Waals surface area contributed by atoms with E-state index in [0.29, 0.717) is 29.6 Å². The van der Waals surface area contributed by atoms with Crippen molar-refractivity contribution in [3.63, 3.8) is 0 Å². The summed E-state index contributed by atoms with van der Waals surface area (Å²) in [7, 11) is -3.44. The highest BCUT2D eigenvalue weighted by atomic mass is 35.5. The first kappa shape index (κ1) is 16.5. The van der Waals surface area contributed by atoms with E-state index in [2.05, 4.69) is 0 Å². The zero-order valence-electron chi connectivity index (χ0n) is 11.8. The Morgan fingerprint density at radius 1 is 1.14 bits per heavy atom. The van der Waals surface area contributed by atoms with Crippen LogP contribution in [0.1, 0.15) is 17.4 Å². The number of hydrogen-bond donors (Lipinski definition) is 0. The van der Waals surface area contributed by atoms with Crippen LogP contribution in [0.5, 0.6) is 0 Å². The summed E-state index contributed by atoms with van der Waals surface area (Å²) in [6.07, 6.45) is 0.701. The smallest absolute Gasteiger partial charge is 0.206 e. The van der Waals surface area contributed by atoms with Crippen molar-refractivity contribution in [2.45, 2.75) is 24.1 Å². The van der Waals surface area contributed by atoms with Gasteiger partial charge in [0.05, 0.1) is 0 Å². The van der Waals surface area contributed by atoms with Gasteiger partial charge in [0.2, 0.25) is 0 Å².